The summed E-state index contributed by atoms with van der Waals surface area (Å²) in [5.41, 5.74) is 1.90. The summed E-state index contributed by atoms with van der Waals surface area (Å²) >= 11 is 0. The van der Waals surface area contributed by atoms with Gasteiger partial charge in [-0.2, -0.15) is 0 Å². The second kappa shape index (κ2) is 7.11. The molecule has 5 nitrogen and oxygen atoms in total. The van der Waals surface area contributed by atoms with Crippen molar-refractivity contribution < 1.29 is 19.4 Å². The van der Waals surface area contributed by atoms with Crippen LogP contribution in [-0.2, 0) is 15.0 Å². The van der Waals surface area contributed by atoms with Crippen molar-refractivity contribution in [1.82, 2.24) is 5.32 Å². The van der Waals surface area contributed by atoms with E-state index in [1.54, 1.807) is 0 Å². The molecule has 0 aliphatic carbocycles. The van der Waals surface area contributed by atoms with Gasteiger partial charge >= 0.3 is 0 Å². The first kappa shape index (κ1) is 17.0. The van der Waals surface area contributed by atoms with Crippen LogP contribution in [0.25, 0.3) is 0 Å². The average molecular weight is 292 g/mol. The molecule has 0 heterocycles. The maximum absolute atomic E-state index is 11.6. The molecule has 0 aliphatic heterocycles. The lowest BCUT2D eigenvalue weighted by molar-refractivity contribution is -0.305. The summed E-state index contributed by atoms with van der Waals surface area (Å²) in [4.78, 5) is 21.9. The highest BCUT2D eigenvalue weighted by molar-refractivity contribution is 5.78. The molecule has 1 aromatic rings. The molecular weight excluding hydrogens is 270 g/mol. The number of para-hydroxylation sites is 1. The Morgan fingerprint density at radius 1 is 1.29 bits per heavy atom. The summed E-state index contributed by atoms with van der Waals surface area (Å²) in [6.07, 6.45) is -0.205. The van der Waals surface area contributed by atoms with Crippen LogP contribution in [0, 0.1) is 6.92 Å². The Hall–Kier alpha value is -2.04. The second-order valence-corrected chi connectivity index (χ2v) is 5.96. The van der Waals surface area contributed by atoms with Gasteiger partial charge in [0.1, 0.15) is 5.75 Å². The van der Waals surface area contributed by atoms with Crippen LogP contribution < -0.4 is 15.2 Å². The topological polar surface area (TPSA) is 78.5 Å². The Morgan fingerprint density at radius 3 is 2.52 bits per heavy atom. The number of carboxylic acid groups (broad SMARTS) is 1. The van der Waals surface area contributed by atoms with E-state index >= 15 is 0 Å². The summed E-state index contributed by atoms with van der Waals surface area (Å²) in [7, 11) is 0. The molecule has 0 bridgehead atoms. The minimum Gasteiger partial charge on any atom is -0.550 e. The number of carbonyl (C=O) groups is 2. The number of aliphatic carboxylic acids is 1. The number of aryl methyl sites for hydroxylation is 1. The number of ether oxygens (including phenoxy) is 1. The van der Waals surface area contributed by atoms with E-state index in [2.05, 4.69) is 26.1 Å². The third kappa shape index (κ3) is 5.45. The first-order valence-corrected chi connectivity index (χ1v) is 6.91. The fraction of sp³-hybridized carbons (Fsp3) is 0.500. The number of benzene rings is 1. The third-order valence-electron chi connectivity index (χ3n) is 3.02. The second-order valence-electron chi connectivity index (χ2n) is 5.96. The first-order valence-electron chi connectivity index (χ1n) is 6.91. The number of carbonyl (C=O) groups excluding carboxylic acids is 2. The normalized spacial score (nSPS) is 11.0. The summed E-state index contributed by atoms with van der Waals surface area (Å²) in [5.74, 6) is -0.829. The van der Waals surface area contributed by atoms with Gasteiger partial charge < -0.3 is 20.0 Å². The van der Waals surface area contributed by atoms with Crippen LogP contribution in [0.2, 0.25) is 0 Å². The highest BCUT2D eigenvalue weighted by atomic mass is 16.5. The van der Waals surface area contributed by atoms with Gasteiger partial charge in [-0.25, -0.2) is 0 Å². The lowest BCUT2D eigenvalue weighted by atomic mass is 9.85. The van der Waals surface area contributed by atoms with E-state index in [0.717, 1.165) is 11.1 Å². The summed E-state index contributed by atoms with van der Waals surface area (Å²) in [6, 6.07) is 5.87. The maximum atomic E-state index is 11.6. The van der Waals surface area contributed by atoms with Crippen molar-refractivity contribution in [1.29, 1.82) is 0 Å². The van der Waals surface area contributed by atoms with E-state index in [9.17, 15) is 14.7 Å². The van der Waals surface area contributed by atoms with Gasteiger partial charge in [0.05, 0.1) is 0 Å². The Bertz CT molecular complexity index is 517. The standard InChI is InChI=1S/C16H23NO4/c1-11-6-5-7-12(16(2,3)4)15(11)21-10-13(18)17-9-8-14(19)20/h5-7H,8-10H2,1-4H3,(H,17,18)(H,19,20)/p-1. The van der Waals surface area contributed by atoms with Crippen LogP contribution in [-0.4, -0.2) is 25.0 Å². The van der Waals surface area contributed by atoms with Gasteiger partial charge in [-0.15, -0.1) is 0 Å². The Kier molecular flexibility index (Phi) is 5.76. The van der Waals surface area contributed by atoms with Crippen LogP contribution in [0.15, 0.2) is 18.2 Å². The predicted molar refractivity (Wildman–Crippen MR) is 78.0 cm³/mol. The molecule has 0 fully saturated rings. The molecule has 0 atom stereocenters. The highest BCUT2D eigenvalue weighted by Gasteiger charge is 2.20. The van der Waals surface area contributed by atoms with E-state index in [0.29, 0.717) is 5.75 Å². The molecule has 1 N–H and O–H groups in total. The summed E-state index contributed by atoms with van der Waals surface area (Å²) in [5, 5.41) is 12.7. The number of rotatable bonds is 6. The minimum atomic E-state index is -1.19. The molecule has 0 aromatic heterocycles. The van der Waals surface area contributed by atoms with Gasteiger partial charge in [0, 0.05) is 18.9 Å². The van der Waals surface area contributed by atoms with Crippen LogP contribution in [0.4, 0.5) is 0 Å². The van der Waals surface area contributed by atoms with Crippen molar-refractivity contribution >= 4 is 11.9 Å². The molecule has 0 unspecified atom stereocenters. The van der Waals surface area contributed by atoms with Gasteiger partial charge in [0.25, 0.3) is 5.91 Å². The molecular formula is C16H22NO4-. The average Bonchev–Trinajstić information content (AvgIpc) is 2.35. The molecule has 116 valence electrons. The van der Waals surface area contributed by atoms with Crippen LogP contribution in [0.5, 0.6) is 5.75 Å². The molecule has 0 saturated carbocycles. The molecule has 21 heavy (non-hydrogen) atoms. The van der Waals surface area contributed by atoms with E-state index < -0.39 is 5.97 Å². The zero-order valence-electron chi connectivity index (χ0n) is 13.0. The Morgan fingerprint density at radius 2 is 1.95 bits per heavy atom. The van der Waals surface area contributed by atoms with Gasteiger partial charge in [-0.1, -0.05) is 39.0 Å². The van der Waals surface area contributed by atoms with Crippen molar-refractivity contribution in [3.8, 4) is 5.75 Å². The molecule has 5 heteroatoms. The van der Waals surface area contributed by atoms with Crippen LogP contribution >= 0.6 is 0 Å². The van der Waals surface area contributed by atoms with Crippen molar-refractivity contribution in [2.45, 2.75) is 39.5 Å². The number of hydrogen-bond acceptors (Lipinski definition) is 4. The smallest absolute Gasteiger partial charge is 0.257 e. The fourth-order valence-corrected chi connectivity index (χ4v) is 1.93. The molecule has 1 rings (SSSR count). The van der Waals surface area contributed by atoms with Crippen molar-refractivity contribution in [2.24, 2.45) is 0 Å². The van der Waals surface area contributed by atoms with Gasteiger partial charge in [-0.3, -0.25) is 4.79 Å². The summed E-state index contributed by atoms with van der Waals surface area (Å²) in [6.45, 7) is 8.07. The van der Waals surface area contributed by atoms with E-state index in [4.69, 9.17) is 4.74 Å². The molecule has 0 saturated heterocycles. The zero-order chi connectivity index (χ0) is 16.0. The predicted octanol–water partition coefficient (Wildman–Crippen LogP) is 0.928. The van der Waals surface area contributed by atoms with Crippen LogP contribution in [0.3, 0.4) is 0 Å². The van der Waals surface area contributed by atoms with Crippen LogP contribution in [0.1, 0.15) is 38.3 Å². The lowest BCUT2D eigenvalue weighted by Crippen LogP contribution is -2.34. The van der Waals surface area contributed by atoms with Gasteiger partial charge in [0.15, 0.2) is 6.61 Å². The van der Waals surface area contributed by atoms with Gasteiger partial charge in [-0.05, 0) is 23.5 Å². The molecule has 1 amide bonds. The van der Waals surface area contributed by atoms with Crippen molar-refractivity contribution in [2.75, 3.05) is 13.2 Å². The number of carboxylic acids is 1. The third-order valence-corrected chi connectivity index (χ3v) is 3.02. The van der Waals surface area contributed by atoms with E-state index in [1.165, 1.54) is 0 Å². The Balaban J connectivity index is 2.67. The van der Waals surface area contributed by atoms with E-state index in [1.807, 2.05) is 25.1 Å². The fourth-order valence-electron chi connectivity index (χ4n) is 1.93. The highest BCUT2D eigenvalue weighted by Crippen LogP contribution is 2.33. The molecule has 0 spiro atoms. The lowest BCUT2D eigenvalue weighted by Gasteiger charge is -2.24. The number of nitrogens with one attached hydrogen (secondary N) is 1. The number of amides is 1. The van der Waals surface area contributed by atoms with Crippen molar-refractivity contribution in [3.63, 3.8) is 0 Å². The van der Waals surface area contributed by atoms with Crippen molar-refractivity contribution in [3.05, 3.63) is 29.3 Å². The largest absolute Gasteiger partial charge is 0.550 e. The van der Waals surface area contributed by atoms with Gasteiger partial charge in [0.2, 0.25) is 0 Å². The summed E-state index contributed by atoms with van der Waals surface area (Å²) < 4.78 is 5.64. The zero-order valence-corrected chi connectivity index (χ0v) is 13.0. The maximum Gasteiger partial charge on any atom is 0.257 e. The van der Waals surface area contributed by atoms with E-state index in [-0.39, 0.29) is 30.9 Å². The number of hydrogen-bond donors (Lipinski definition) is 1. The molecule has 0 radical (unpaired) electrons. The monoisotopic (exact) mass is 292 g/mol. The molecule has 1 aromatic carbocycles. The molecule has 0 aliphatic rings. The first-order chi connectivity index (χ1) is 9.71. The SMILES string of the molecule is Cc1cccc(C(C)(C)C)c1OCC(=O)NCCC(=O)[O-]. The minimum absolute atomic E-state index is 0.0461. The Labute approximate surface area is 125 Å². The quantitative estimate of drug-likeness (QED) is 0.846.